The summed E-state index contributed by atoms with van der Waals surface area (Å²) in [6.07, 6.45) is 3.83. The first kappa shape index (κ1) is 32.9. The van der Waals surface area contributed by atoms with E-state index in [1.54, 1.807) is 0 Å². The molecule has 239 valence electrons. The van der Waals surface area contributed by atoms with Crippen LogP contribution in [-0.4, -0.2) is 19.9 Å². The van der Waals surface area contributed by atoms with Crippen LogP contribution in [0.15, 0.2) is 102 Å². The van der Waals surface area contributed by atoms with E-state index in [1.165, 1.54) is 16.7 Å². The minimum absolute atomic E-state index is 0. The molecule has 0 unspecified atom stereocenters. The summed E-state index contributed by atoms with van der Waals surface area (Å²) in [6, 6.07) is 35.5. The molecule has 0 fully saturated rings. The molecule has 0 bridgehead atoms. The Morgan fingerprint density at radius 2 is 1.40 bits per heavy atom. The van der Waals surface area contributed by atoms with Gasteiger partial charge in [0.05, 0.1) is 11.1 Å². The number of nitrogens with zero attached hydrogens (tertiary/aromatic N) is 4. The van der Waals surface area contributed by atoms with Crippen LogP contribution in [0.3, 0.4) is 0 Å². The van der Waals surface area contributed by atoms with Crippen LogP contribution in [0.5, 0.6) is 0 Å². The monoisotopic (exact) mass is 803 g/mol. The zero-order chi connectivity index (χ0) is 32.7. The number of aryl methyl sites for hydroxylation is 6. The molecule has 1 radical (unpaired) electrons. The fourth-order valence-electron chi connectivity index (χ4n) is 5.70. The topological polar surface area (TPSA) is 64.7 Å². The Labute approximate surface area is 294 Å². The Morgan fingerprint density at radius 3 is 2.19 bits per heavy atom. The van der Waals surface area contributed by atoms with Crippen LogP contribution < -0.4 is 0 Å². The number of fused-ring (bicyclic) bond motifs is 4. The molecule has 8 aromatic rings. The van der Waals surface area contributed by atoms with E-state index >= 15 is 0 Å². The third-order valence-electron chi connectivity index (χ3n) is 8.55. The van der Waals surface area contributed by atoms with Crippen molar-refractivity contribution in [2.45, 2.75) is 41.5 Å². The van der Waals surface area contributed by atoms with Crippen LogP contribution in [0.25, 0.3) is 66.6 Å². The maximum absolute atomic E-state index is 6.17. The van der Waals surface area contributed by atoms with E-state index in [0.29, 0.717) is 5.71 Å². The van der Waals surface area contributed by atoms with Crippen LogP contribution >= 0.6 is 0 Å². The zero-order valence-electron chi connectivity index (χ0n) is 27.8. The number of aromatic nitrogens is 4. The van der Waals surface area contributed by atoms with Gasteiger partial charge in [0.2, 0.25) is 5.71 Å². The molecule has 3 aromatic carbocycles. The van der Waals surface area contributed by atoms with Crippen molar-refractivity contribution in [1.82, 2.24) is 19.9 Å². The Kier molecular flexibility index (Phi) is 9.32. The molecule has 0 N–H and O–H groups in total. The van der Waals surface area contributed by atoms with Crippen molar-refractivity contribution in [2.75, 3.05) is 0 Å². The second-order valence-electron chi connectivity index (χ2n) is 12.2. The number of hydrogen-bond acceptors (Lipinski definition) is 5. The summed E-state index contributed by atoms with van der Waals surface area (Å²) in [5, 5.41) is 3.15. The van der Waals surface area contributed by atoms with Gasteiger partial charge in [-0.1, -0.05) is 47.7 Å². The van der Waals surface area contributed by atoms with E-state index in [1.807, 2.05) is 56.6 Å². The van der Waals surface area contributed by atoms with Crippen LogP contribution in [0.2, 0.25) is 0 Å². The van der Waals surface area contributed by atoms with Gasteiger partial charge in [0, 0.05) is 54.7 Å². The third kappa shape index (κ3) is 6.55. The summed E-state index contributed by atoms with van der Waals surface area (Å²) in [4.78, 5) is 18.3. The molecule has 0 aliphatic heterocycles. The third-order valence-corrected chi connectivity index (χ3v) is 8.55. The predicted molar refractivity (Wildman–Crippen MR) is 191 cm³/mol. The van der Waals surface area contributed by atoms with Gasteiger partial charge in [-0.3, -0.25) is 4.98 Å². The summed E-state index contributed by atoms with van der Waals surface area (Å²) in [6.45, 7) is 12.3. The number of benzene rings is 3. The summed E-state index contributed by atoms with van der Waals surface area (Å²) >= 11 is 0. The summed E-state index contributed by atoms with van der Waals surface area (Å²) < 4.78 is 6.17. The van der Waals surface area contributed by atoms with E-state index in [4.69, 9.17) is 9.40 Å². The van der Waals surface area contributed by atoms with Crippen molar-refractivity contribution in [3.05, 3.63) is 143 Å². The van der Waals surface area contributed by atoms with Gasteiger partial charge in [-0.2, -0.15) is 0 Å². The van der Waals surface area contributed by atoms with Gasteiger partial charge in [-0.15, -0.1) is 53.6 Å². The summed E-state index contributed by atoms with van der Waals surface area (Å²) in [5.41, 5.74) is 15.2. The van der Waals surface area contributed by atoms with E-state index in [-0.39, 0.29) is 20.1 Å². The maximum atomic E-state index is 6.17. The van der Waals surface area contributed by atoms with Crippen molar-refractivity contribution in [3.8, 4) is 33.6 Å². The average Bonchev–Trinajstić information content (AvgIpc) is 3.44. The zero-order valence-corrected chi connectivity index (χ0v) is 30.2. The molecular weight excluding hydrogens is 769 g/mol. The first-order valence-electron chi connectivity index (χ1n) is 15.7. The smallest absolute Gasteiger partial charge is 0.216 e. The van der Waals surface area contributed by atoms with Gasteiger partial charge < -0.3 is 14.4 Å². The first-order chi connectivity index (χ1) is 22.7. The van der Waals surface area contributed by atoms with E-state index in [2.05, 4.69) is 109 Å². The Morgan fingerprint density at radius 1 is 0.625 bits per heavy atom. The molecule has 0 aliphatic rings. The average molecular weight is 803 g/mol. The SMILES string of the molecule is Cc1c[c-]c(-c2cc(C)c(C)cn2)cc1.Cc1ccc2cc(-c3cc(-c4[c-]ccc5c4oc4nc(C)ccc45)ncc3C)ccc2n1.[Ir]. The molecule has 5 aromatic heterocycles. The van der Waals surface area contributed by atoms with Crippen LogP contribution in [0, 0.1) is 53.7 Å². The van der Waals surface area contributed by atoms with Gasteiger partial charge in [0.25, 0.3) is 0 Å². The molecule has 0 saturated carbocycles. The van der Waals surface area contributed by atoms with Crippen LogP contribution in [0.1, 0.15) is 33.6 Å². The molecule has 8 rings (SSSR count). The summed E-state index contributed by atoms with van der Waals surface area (Å²) in [7, 11) is 0. The molecule has 5 heterocycles. The molecule has 0 saturated heterocycles. The quantitative estimate of drug-likeness (QED) is 0.167. The maximum Gasteiger partial charge on any atom is 0.216 e. The van der Waals surface area contributed by atoms with Gasteiger partial charge in [0.1, 0.15) is 0 Å². The van der Waals surface area contributed by atoms with Crippen LogP contribution in [0.4, 0.5) is 0 Å². The molecule has 6 heteroatoms. The van der Waals surface area contributed by atoms with E-state index < -0.39 is 0 Å². The van der Waals surface area contributed by atoms with Crippen molar-refractivity contribution in [3.63, 3.8) is 0 Å². The minimum Gasteiger partial charge on any atom is -0.486 e. The second kappa shape index (κ2) is 13.6. The molecule has 0 aliphatic carbocycles. The largest absolute Gasteiger partial charge is 0.486 e. The van der Waals surface area contributed by atoms with Gasteiger partial charge in [-0.05, 0) is 98.6 Å². The Hall–Kier alpha value is -5.03. The molecule has 0 spiro atoms. The number of hydrogen-bond donors (Lipinski definition) is 0. The molecule has 48 heavy (non-hydrogen) atoms. The van der Waals surface area contributed by atoms with E-state index in [9.17, 15) is 0 Å². The van der Waals surface area contributed by atoms with Crippen molar-refractivity contribution in [2.24, 2.45) is 0 Å². The number of furan rings is 1. The van der Waals surface area contributed by atoms with Crippen molar-refractivity contribution < 1.29 is 24.5 Å². The number of pyridine rings is 4. The fourth-order valence-corrected chi connectivity index (χ4v) is 5.70. The normalized spacial score (nSPS) is 11.0. The first-order valence-corrected chi connectivity index (χ1v) is 15.7. The minimum atomic E-state index is 0. The van der Waals surface area contributed by atoms with Gasteiger partial charge in [-0.25, -0.2) is 4.98 Å². The fraction of sp³-hybridized carbons (Fsp3) is 0.143. The van der Waals surface area contributed by atoms with Crippen molar-refractivity contribution >= 4 is 33.0 Å². The van der Waals surface area contributed by atoms with Crippen LogP contribution in [-0.2, 0) is 20.1 Å². The Bertz CT molecular complexity index is 2430. The molecule has 5 nitrogen and oxygen atoms in total. The Balaban J connectivity index is 0.000000212. The van der Waals surface area contributed by atoms with Gasteiger partial charge in [0.15, 0.2) is 0 Å². The second-order valence-corrected chi connectivity index (χ2v) is 12.2. The van der Waals surface area contributed by atoms with E-state index in [0.717, 1.165) is 77.9 Å². The molecule has 0 atom stereocenters. The standard InChI is InChI=1S/C28H20N3O.C14H14N.Ir/c1-16-15-29-26(14-24(16)19-10-12-25-20(13-19)9-7-17(2)30-25)23-6-4-5-21-22-11-8-18(3)31-28(22)32-27(21)23;1-10-4-6-13(7-5-10)14-8-11(2)12(3)9-15-14;/h4-5,7-15H,1-3H3;4-6,8-9H,1-3H3;/q2*-1;. The van der Waals surface area contributed by atoms with Crippen molar-refractivity contribution in [1.29, 1.82) is 0 Å². The summed E-state index contributed by atoms with van der Waals surface area (Å²) in [5.74, 6) is 0. The predicted octanol–water partition coefficient (Wildman–Crippen LogP) is 10.5. The molecule has 0 amide bonds. The molecular formula is C42H34IrN4O-2. The number of rotatable bonds is 3. The van der Waals surface area contributed by atoms with Gasteiger partial charge >= 0.3 is 0 Å².